The van der Waals surface area contributed by atoms with Crippen LogP contribution in [0.3, 0.4) is 0 Å². The van der Waals surface area contributed by atoms with Crippen LogP contribution >= 0.6 is 0 Å². The number of nitrogens with one attached hydrogen (secondary N) is 1. The molecule has 2 unspecified atom stereocenters. The molecule has 5 rings (SSSR count). The maximum absolute atomic E-state index is 14.3. The number of ether oxygens (including phenoxy) is 1. The minimum Gasteiger partial charge on any atom is -0.435 e. The van der Waals surface area contributed by atoms with Crippen molar-refractivity contribution in [1.82, 2.24) is 14.5 Å². The van der Waals surface area contributed by atoms with E-state index in [1.54, 1.807) is 6.26 Å². The highest BCUT2D eigenvalue weighted by Crippen LogP contribution is 2.37. The lowest BCUT2D eigenvalue weighted by Crippen LogP contribution is -2.74. The first kappa shape index (κ1) is 19.0. The van der Waals surface area contributed by atoms with E-state index in [-0.39, 0.29) is 24.1 Å². The molecule has 1 saturated heterocycles. The minimum absolute atomic E-state index is 0.168. The van der Waals surface area contributed by atoms with Gasteiger partial charge < -0.3 is 14.2 Å². The summed E-state index contributed by atoms with van der Waals surface area (Å²) < 4.78 is 35.9. The number of imidazole rings is 1. The highest BCUT2D eigenvalue weighted by Gasteiger charge is 2.31. The Bertz CT molecular complexity index is 1010. The molecule has 3 aliphatic rings. The van der Waals surface area contributed by atoms with Gasteiger partial charge in [-0.2, -0.15) is 0 Å². The van der Waals surface area contributed by atoms with Gasteiger partial charge in [-0.25, -0.2) is 13.8 Å². The molecule has 0 radical (unpaired) electrons. The second-order valence-electron chi connectivity index (χ2n) is 7.92. The standard InChI is InChI=1S/C22H23F2N5O/c23-15-3-5-19(24)18(12-15)20-2-1-9-29(20)17-4-6-22(30-14-17)27-26-16-7-10-28-11-8-25-21(28)13-16/h3-6,8,11-12,14,16,20,22H,1-2,7,9-10,13H2/p+1/t16?,20-,22?/m1/s1. The summed E-state index contributed by atoms with van der Waals surface area (Å²) in [6.07, 6.45) is 12.5. The van der Waals surface area contributed by atoms with Crippen molar-refractivity contribution in [3.63, 3.8) is 0 Å². The summed E-state index contributed by atoms with van der Waals surface area (Å²) in [6, 6.07) is 3.62. The Kier molecular flexibility index (Phi) is 5.06. The number of hydrogen-bond donors (Lipinski definition) is 1. The molecule has 156 valence electrons. The first-order valence-electron chi connectivity index (χ1n) is 10.4. The molecule has 30 heavy (non-hydrogen) atoms. The van der Waals surface area contributed by atoms with Crippen molar-refractivity contribution in [1.29, 1.82) is 0 Å². The number of benzene rings is 1. The smallest absolute Gasteiger partial charge is 0.338 e. The highest BCUT2D eigenvalue weighted by atomic mass is 19.1. The van der Waals surface area contributed by atoms with Gasteiger partial charge in [0.25, 0.3) is 0 Å². The molecular weight excluding hydrogens is 388 g/mol. The third-order valence-corrected chi connectivity index (χ3v) is 5.99. The lowest BCUT2D eigenvalue weighted by molar-refractivity contribution is -0.606. The summed E-state index contributed by atoms with van der Waals surface area (Å²) in [7, 11) is 0. The maximum Gasteiger partial charge on any atom is 0.338 e. The molecule has 0 aliphatic carbocycles. The van der Waals surface area contributed by atoms with Gasteiger partial charge in [-0.05, 0) is 48.7 Å². The zero-order valence-electron chi connectivity index (χ0n) is 16.5. The molecule has 8 heteroatoms. The van der Waals surface area contributed by atoms with E-state index in [1.807, 2.05) is 24.5 Å². The van der Waals surface area contributed by atoms with E-state index >= 15 is 0 Å². The molecule has 6 nitrogen and oxygen atoms in total. The fraction of sp³-hybridized carbons (Fsp3) is 0.409. The second kappa shape index (κ2) is 8.01. The van der Waals surface area contributed by atoms with Crippen LogP contribution in [-0.2, 0) is 17.7 Å². The summed E-state index contributed by atoms with van der Waals surface area (Å²) in [5.41, 5.74) is 1.26. The molecule has 3 atom stereocenters. The largest absolute Gasteiger partial charge is 0.435 e. The van der Waals surface area contributed by atoms with Gasteiger partial charge in [0, 0.05) is 43.5 Å². The molecule has 0 spiro atoms. The predicted molar refractivity (Wildman–Crippen MR) is 105 cm³/mol. The van der Waals surface area contributed by atoms with E-state index in [9.17, 15) is 8.78 Å². The predicted octanol–water partition coefficient (Wildman–Crippen LogP) is 2.60. The zero-order chi connectivity index (χ0) is 20.5. The van der Waals surface area contributed by atoms with Crippen molar-refractivity contribution in [2.45, 2.75) is 50.5 Å². The monoisotopic (exact) mass is 412 g/mol. The summed E-state index contributed by atoms with van der Waals surface area (Å²) in [4.78, 5) is 6.44. The molecule has 0 amide bonds. The van der Waals surface area contributed by atoms with Crippen LogP contribution in [0.5, 0.6) is 0 Å². The maximum atomic E-state index is 14.3. The summed E-state index contributed by atoms with van der Waals surface area (Å²) in [6.45, 7) is 1.70. The van der Waals surface area contributed by atoms with Gasteiger partial charge in [-0.3, -0.25) is 0 Å². The van der Waals surface area contributed by atoms with Gasteiger partial charge in [0.2, 0.25) is 0 Å². The van der Waals surface area contributed by atoms with Crippen molar-refractivity contribution in [3.8, 4) is 0 Å². The number of nitrogens with zero attached hydrogens (tertiary/aromatic N) is 4. The number of aromatic nitrogens is 2. The molecular formula is C22H24F2N5O+. The van der Waals surface area contributed by atoms with Crippen LogP contribution in [0.1, 0.15) is 36.7 Å². The van der Waals surface area contributed by atoms with E-state index in [0.29, 0.717) is 5.56 Å². The molecule has 1 aromatic heterocycles. The summed E-state index contributed by atoms with van der Waals surface area (Å²) in [5.74, 6) is 0.267. The minimum atomic E-state index is -0.418. The average Bonchev–Trinajstić information content (AvgIpc) is 3.43. The second-order valence-corrected chi connectivity index (χ2v) is 7.92. The molecule has 3 aliphatic heterocycles. The summed E-state index contributed by atoms with van der Waals surface area (Å²) in [5, 5.41) is 7.67. The number of likely N-dealkylation sites (tertiary alicyclic amines) is 1. The first-order valence-corrected chi connectivity index (χ1v) is 10.4. The fourth-order valence-corrected chi connectivity index (χ4v) is 4.44. The van der Waals surface area contributed by atoms with Crippen LogP contribution < -0.4 is 5.11 Å². The van der Waals surface area contributed by atoms with Crippen molar-refractivity contribution < 1.29 is 18.6 Å². The van der Waals surface area contributed by atoms with E-state index in [0.717, 1.165) is 56.4 Å². The third-order valence-electron chi connectivity index (χ3n) is 5.99. The number of rotatable bonds is 4. The molecule has 0 bridgehead atoms. The van der Waals surface area contributed by atoms with Gasteiger partial charge in [-0.1, -0.05) is 5.11 Å². The van der Waals surface area contributed by atoms with Gasteiger partial charge in [-0.15, -0.1) is 0 Å². The Labute approximate surface area is 173 Å². The Morgan fingerprint density at radius 1 is 1.20 bits per heavy atom. The van der Waals surface area contributed by atoms with Crippen molar-refractivity contribution >= 4 is 0 Å². The Morgan fingerprint density at radius 3 is 3.00 bits per heavy atom. The molecule has 0 saturated carbocycles. The van der Waals surface area contributed by atoms with E-state index < -0.39 is 5.82 Å². The molecule has 2 aromatic rings. The quantitative estimate of drug-likeness (QED) is 0.786. The number of azo groups is 1. The normalized spacial score (nSPS) is 26.0. The fourth-order valence-electron chi connectivity index (χ4n) is 4.44. The van der Waals surface area contributed by atoms with Gasteiger partial charge in [0.15, 0.2) is 0 Å². The SMILES string of the molecule is Fc1ccc(F)c([C@H]2CCCN2C2=COC([NH+]=NC3CCn4ccnc4C3)C=C2)c1. The first-order chi connectivity index (χ1) is 14.7. The third kappa shape index (κ3) is 3.74. The Hall–Kier alpha value is -3.03. The number of allylic oxidation sites excluding steroid dienone is 1. The number of halogens is 2. The van der Waals surface area contributed by atoms with E-state index in [2.05, 4.69) is 24.7 Å². The topological polar surface area (TPSA) is 56.6 Å². The van der Waals surface area contributed by atoms with Crippen LogP contribution in [-0.4, -0.2) is 33.3 Å². The lowest BCUT2D eigenvalue weighted by Gasteiger charge is -2.29. The molecule has 1 aromatic carbocycles. The Balaban J connectivity index is 1.23. The van der Waals surface area contributed by atoms with E-state index in [4.69, 9.17) is 4.74 Å². The van der Waals surface area contributed by atoms with Crippen LogP contribution in [0.25, 0.3) is 0 Å². The molecule has 4 heterocycles. The van der Waals surface area contributed by atoms with Gasteiger partial charge in [0.1, 0.15) is 29.8 Å². The molecule has 1 fully saturated rings. The average molecular weight is 412 g/mol. The Morgan fingerprint density at radius 2 is 2.13 bits per heavy atom. The zero-order valence-corrected chi connectivity index (χ0v) is 16.5. The van der Waals surface area contributed by atoms with Crippen molar-refractivity contribution in [3.05, 3.63) is 77.7 Å². The van der Waals surface area contributed by atoms with Crippen LogP contribution in [0.2, 0.25) is 0 Å². The lowest BCUT2D eigenvalue weighted by atomic mass is 10.0. The van der Waals surface area contributed by atoms with Crippen LogP contribution in [0, 0.1) is 11.6 Å². The van der Waals surface area contributed by atoms with Crippen LogP contribution in [0.4, 0.5) is 8.78 Å². The van der Waals surface area contributed by atoms with Crippen LogP contribution in [0.15, 0.2) is 59.8 Å². The number of hydrogen-bond acceptors (Lipinski definition) is 4. The highest BCUT2D eigenvalue weighted by molar-refractivity contribution is 5.28. The van der Waals surface area contributed by atoms with Gasteiger partial charge >= 0.3 is 6.23 Å². The number of aryl methyl sites for hydroxylation is 1. The van der Waals surface area contributed by atoms with Crippen molar-refractivity contribution in [2.24, 2.45) is 5.11 Å². The summed E-state index contributed by atoms with van der Waals surface area (Å²) >= 11 is 0. The van der Waals surface area contributed by atoms with Crippen molar-refractivity contribution in [2.75, 3.05) is 6.54 Å². The van der Waals surface area contributed by atoms with Gasteiger partial charge in [0.05, 0.1) is 11.7 Å². The number of fused-ring (bicyclic) bond motifs is 1. The molecule has 1 N–H and O–H groups in total. The van der Waals surface area contributed by atoms with E-state index in [1.165, 1.54) is 12.1 Å².